The molecule has 0 amide bonds. The summed E-state index contributed by atoms with van der Waals surface area (Å²) in [6.07, 6.45) is 1.86. The standard InChI is InChI=1S/C19H10ClN/c20-12-7-6-11-9-17-18-13(15-5-2-8-21-19(15)17)3-1-4-14(18)16(11)10-12/h1-10H. The summed E-state index contributed by atoms with van der Waals surface area (Å²) >= 11 is 6.19. The van der Waals surface area contributed by atoms with E-state index in [1.165, 1.54) is 38.2 Å². The molecule has 1 aliphatic rings. The lowest BCUT2D eigenvalue weighted by molar-refractivity contribution is 1.35. The third kappa shape index (κ3) is 1.39. The molecule has 1 aliphatic carbocycles. The van der Waals surface area contributed by atoms with Crippen molar-refractivity contribution in [2.45, 2.75) is 0 Å². The minimum absolute atomic E-state index is 0.775. The van der Waals surface area contributed by atoms with E-state index in [1.54, 1.807) is 0 Å². The Morgan fingerprint density at radius 3 is 2.62 bits per heavy atom. The average molecular weight is 288 g/mol. The smallest absolute Gasteiger partial charge is 0.0787 e. The average Bonchev–Trinajstić information content (AvgIpc) is 2.84. The summed E-state index contributed by atoms with van der Waals surface area (Å²) in [5.41, 5.74) is 4.80. The molecule has 0 saturated heterocycles. The Hall–Kier alpha value is -2.38. The van der Waals surface area contributed by atoms with Gasteiger partial charge in [0.25, 0.3) is 0 Å². The highest BCUT2D eigenvalue weighted by Crippen LogP contribution is 2.48. The molecule has 0 N–H and O–H groups in total. The second kappa shape index (κ2) is 3.84. The summed E-state index contributed by atoms with van der Waals surface area (Å²) in [7, 11) is 0. The van der Waals surface area contributed by atoms with Crippen molar-refractivity contribution in [3.63, 3.8) is 0 Å². The van der Waals surface area contributed by atoms with Gasteiger partial charge in [-0.3, -0.25) is 4.98 Å². The first-order valence-corrected chi connectivity index (χ1v) is 7.31. The number of benzene rings is 3. The largest absolute Gasteiger partial charge is 0.256 e. The fourth-order valence-electron chi connectivity index (χ4n) is 3.43. The van der Waals surface area contributed by atoms with Crippen molar-refractivity contribution in [3.05, 3.63) is 65.8 Å². The van der Waals surface area contributed by atoms with Crippen molar-refractivity contribution >= 4 is 33.1 Å². The number of nitrogens with zero attached hydrogens (tertiary/aromatic N) is 1. The van der Waals surface area contributed by atoms with Crippen LogP contribution in [0.4, 0.5) is 0 Å². The third-order valence-electron chi connectivity index (χ3n) is 4.29. The third-order valence-corrected chi connectivity index (χ3v) is 4.53. The number of hydrogen-bond donors (Lipinski definition) is 0. The molecule has 98 valence electrons. The molecule has 0 spiro atoms. The molecule has 4 aromatic rings. The van der Waals surface area contributed by atoms with E-state index in [0.29, 0.717) is 0 Å². The maximum atomic E-state index is 6.19. The lowest BCUT2D eigenvalue weighted by Gasteiger charge is -2.07. The predicted octanol–water partition coefficient (Wildman–Crippen LogP) is 5.69. The van der Waals surface area contributed by atoms with E-state index in [9.17, 15) is 0 Å². The van der Waals surface area contributed by atoms with Crippen LogP contribution in [0.15, 0.2) is 60.8 Å². The predicted molar refractivity (Wildman–Crippen MR) is 88.7 cm³/mol. The number of pyridine rings is 1. The summed E-state index contributed by atoms with van der Waals surface area (Å²) in [6.45, 7) is 0. The number of halogens is 1. The quantitative estimate of drug-likeness (QED) is 0.333. The van der Waals surface area contributed by atoms with E-state index >= 15 is 0 Å². The first-order chi connectivity index (χ1) is 10.3. The molecule has 1 aromatic heterocycles. The fraction of sp³-hybridized carbons (Fsp3) is 0. The molecule has 0 unspecified atom stereocenters. The molecule has 0 bridgehead atoms. The molecule has 5 rings (SSSR count). The van der Waals surface area contributed by atoms with Crippen LogP contribution in [-0.4, -0.2) is 4.98 Å². The van der Waals surface area contributed by atoms with E-state index in [0.717, 1.165) is 10.7 Å². The molecule has 1 heterocycles. The Bertz CT molecular complexity index is 1050. The first-order valence-electron chi connectivity index (χ1n) is 6.94. The van der Waals surface area contributed by atoms with Crippen molar-refractivity contribution in [3.8, 4) is 22.4 Å². The summed E-state index contributed by atoms with van der Waals surface area (Å²) in [4.78, 5) is 4.60. The van der Waals surface area contributed by atoms with Gasteiger partial charge in [0.1, 0.15) is 0 Å². The van der Waals surface area contributed by atoms with Crippen molar-refractivity contribution in [1.29, 1.82) is 0 Å². The van der Waals surface area contributed by atoms with Gasteiger partial charge in [-0.2, -0.15) is 0 Å². The Morgan fingerprint density at radius 1 is 0.762 bits per heavy atom. The van der Waals surface area contributed by atoms with Crippen LogP contribution in [0.1, 0.15) is 0 Å². The van der Waals surface area contributed by atoms with Crippen LogP contribution in [0, 0.1) is 0 Å². The van der Waals surface area contributed by atoms with Gasteiger partial charge in [-0.1, -0.05) is 41.9 Å². The summed E-state index contributed by atoms with van der Waals surface area (Å²) in [6, 6.07) is 18.9. The highest BCUT2D eigenvalue weighted by Gasteiger charge is 2.23. The van der Waals surface area contributed by atoms with Gasteiger partial charge in [0.2, 0.25) is 0 Å². The molecule has 0 radical (unpaired) electrons. The van der Waals surface area contributed by atoms with E-state index in [4.69, 9.17) is 11.6 Å². The Labute approximate surface area is 126 Å². The van der Waals surface area contributed by atoms with Crippen LogP contribution in [0.3, 0.4) is 0 Å². The highest BCUT2D eigenvalue weighted by atomic mass is 35.5. The summed E-state index contributed by atoms with van der Waals surface area (Å²) in [5, 5.41) is 5.73. The minimum atomic E-state index is 0.775. The number of rotatable bonds is 0. The van der Waals surface area contributed by atoms with Crippen LogP contribution in [-0.2, 0) is 0 Å². The van der Waals surface area contributed by atoms with Crippen LogP contribution in [0.2, 0.25) is 5.02 Å². The SMILES string of the molecule is Clc1ccc2cc3c4c(cccc4c2c1)-c1cccnc1-3. The van der Waals surface area contributed by atoms with Gasteiger partial charge in [-0.25, -0.2) is 0 Å². The van der Waals surface area contributed by atoms with Crippen molar-refractivity contribution < 1.29 is 0 Å². The number of hydrogen-bond acceptors (Lipinski definition) is 1. The van der Waals surface area contributed by atoms with Crippen LogP contribution in [0.5, 0.6) is 0 Å². The fourth-order valence-corrected chi connectivity index (χ4v) is 3.60. The zero-order valence-electron chi connectivity index (χ0n) is 11.1. The van der Waals surface area contributed by atoms with Crippen LogP contribution >= 0.6 is 11.6 Å². The molecule has 0 fully saturated rings. The number of aromatic nitrogens is 1. The molecule has 2 heteroatoms. The van der Waals surface area contributed by atoms with Crippen molar-refractivity contribution in [2.75, 3.05) is 0 Å². The Balaban J connectivity index is 2.09. The molecular formula is C19H10ClN. The van der Waals surface area contributed by atoms with Gasteiger partial charge < -0.3 is 0 Å². The van der Waals surface area contributed by atoms with E-state index in [1.807, 2.05) is 18.3 Å². The van der Waals surface area contributed by atoms with Crippen molar-refractivity contribution in [2.24, 2.45) is 0 Å². The monoisotopic (exact) mass is 287 g/mol. The summed E-state index contributed by atoms with van der Waals surface area (Å²) in [5.74, 6) is 0. The van der Waals surface area contributed by atoms with Gasteiger partial charge in [-0.15, -0.1) is 0 Å². The van der Waals surface area contributed by atoms with Gasteiger partial charge in [0, 0.05) is 22.3 Å². The first kappa shape index (κ1) is 11.3. The molecule has 1 nitrogen and oxygen atoms in total. The summed E-state index contributed by atoms with van der Waals surface area (Å²) < 4.78 is 0. The maximum Gasteiger partial charge on any atom is 0.0787 e. The molecular weight excluding hydrogens is 278 g/mol. The van der Waals surface area contributed by atoms with Crippen LogP contribution < -0.4 is 0 Å². The van der Waals surface area contributed by atoms with Gasteiger partial charge in [-0.05, 0) is 51.4 Å². The van der Waals surface area contributed by atoms with Gasteiger partial charge >= 0.3 is 0 Å². The van der Waals surface area contributed by atoms with E-state index < -0.39 is 0 Å². The van der Waals surface area contributed by atoms with Crippen LogP contribution in [0.25, 0.3) is 43.9 Å². The second-order valence-electron chi connectivity index (χ2n) is 5.42. The Kier molecular flexibility index (Phi) is 2.06. The number of fused-ring (bicyclic) bond motifs is 5. The normalized spacial score (nSPS) is 12.0. The van der Waals surface area contributed by atoms with Gasteiger partial charge in [0.05, 0.1) is 5.69 Å². The maximum absolute atomic E-state index is 6.19. The highest BCUT2D eigenvalue weighted by molar-refractivity contribution is 6.32. The van der Waals surface area contributed by atoms with Gasteiger partial charge in [0.15, 0.2) is 0 Å². The minimum Gasteiger partial charge on any atom is -0.256 e. The van der Waals surface area contributed by atoms with E-state index in [-0.39, 0.29) is 0 Å². The van der Waals surface area contributed by atoms with Crippen molar-refractivity contribution in [1.82, 2.24) is 4.98 Å². The Morgan fingerprint density at radius 2 is 1.67 bits per heavy atom. The molecule has 0 saturated carbocycles. The molecule has 21 heavy (non-hydrogen) atoms. The molecule has 0 aliphatic heterocycles. The lowest BCUT2D eigenvalue weighted by atomic mass is 9.97. The molecule has 0 atom stereocenters. The van der Waals surface area contributed by atoms with E-state index in [2.05, 4.69) is 47.4 Å². The lowest BCUT2D eigenvalue weighted by Crippen LogP contribution is -1.82. The second-order valence-corrected chi connectivity index (χ2v) is 5.85. The zero-order valence-corrected chi connectivity index (χ0v) is 11.9. The molecule has 3 aromatic carbocycles. The topological polar surface area (TPSA) is 12.9 Å². The zero-order chi connectivity index (χ0) is 14.0.